The van der Waals surface area contributed by atoms with Gasteiger partial charge in [-0.1, -0.05) is 50.2 Å². The third-order valence-electron chi connectivity index (χ3n) is 5.12. The molecule has 0 aromatic heterocycles. The van der Waals surface area contributed by atoms with Crippen LogP contribution in [0.4, 0.5) is 0 Å². The summed E-state index contributed by atoms with van der Waals surface area (Å²) < 4.78 is 26.6. The second-order valence-corrected chi connectivity index (χ2v) is 9.57. The van der Waals surface area contributed by atoms with Gasteiger partial charge in [0.15, 0.2) is 0 Å². The number of benzene rings is 2. The summed E-state index contributed by atoms with van der Waals surface area (Å²) in [5, 5.41) is 2.83. The third kappa shape index (κ3) is 5.55. The van der Waals surface area contributed by atoms with Crippen molar-refractivity contribution in [3.05, 3.63) is 71.3 Å². The van der Waals surface area contributed by atoms with Crippen molar-refractivity contribution in [2.75, 3.05) is 13.1 Å². The van der Waals surface area contributed by atoms with Gasteiger partial charge in [0.25, 0.3) is 0 Å². The van der Waals surface area contributed by atoms with E-state index in [4.69, 9.17) is 0 Å². The minimum Gasteiger partial charge on any atom is -0.348 e. The van der Waals surface area contributed by atoms with Crippen LogP contribution in [0.15, 0.2) is 59.5 Å². The van der Waals surface area contributed by atoms with Gasteiger partial charge < -0.3 is 5.32 Å². The largest absolute Gasteiger partial charge is 0.348 e. The van der Waals surface area contributed by atoms with Crippen molar-refractivity contribution in [3.63, 3.8) is 0 Å². The van der Waals surface area contributed by atoms with E-state index in [0.29, 0.717) is 30.4 Å². The zero-order chi connectivity index (χ0) is 20.9. The molecule has 1 amide bonds. The second-order valence-electron chi connectivity index (χ2n) is 7.63. The van der Waals surface area contributed by atoms with Crippen LogP contribution < -0.4 is 5.32 Å². The molecule has 1 saturated heterocycles. The number of hydrogen-bond donors (Lipinski definition) is 1. The number of sulfonamides is 1. The van der Waals surface area contributed by atoms with Crippen LogP contribution in [0.3, 0.4) is 0 Å². The molecule has 0 radical (unpaired) electrons. The molecule has 0 bridgehead atoms. The quantitative estimate of drug-likeness (QED) is 0.701. The summed E-state index contributed by atoms with van der Waals surface area (Å²) in [4.78, 5) is 12.4. The smallest absolute Gasteiger partial charge is 0.244 e. The lowest BCUT2D eigenvalue weighted by Crippen LogP contribution is -2.27. The van der Waals surface area contributed by atoms with Crippen LogP contribution >= 0.6 is 0 Å². The van der Waals surface area contributed by atoms with E-state index < -0.39 is 10.0 Å². The number of hydrogen-bond acceptors (Lipinski definition) is 3. The fourth-order valence-corrected chi connectivity index (χ4v) is 4.79. The molecule has 1 aliphatic heterocycles. The van der Waals surface area contributed by atoms with Crippen LogP contribution in [0.5, 0.6) is 0 Å². The van der Waals surface area contributed by atoms with Gasteiger partial charge in [0.2, 0.25) is 15.9 Å². The standard InChI is InChI=1S/C23H28N2O3S/c1-18(2)21-10-5-19(6-11-21)9-14-23(26)24-17-20-7-12-22(13-8-20)29(27,28)25-15-3-4-16-25/h5-14,18H,3-4,15-17H2,1-2H3,(H,24,26)/b14-9+. The first kappa shape index (κ1) is 21.3. The Balaban J connectivity index is 1.53. The summed E-state index contributed by atoms with van der Waals surface area (Å²) in [5.41, 5.74) is 3.09. The molecule has 29 heavy (non-hydrogen) atoms. The molecule has 0 aliphatic carbocycles. The normalized spacial score (nSPS) is 15.3. The first-order valence-electron chi connectivity index (χ1n) is 10.0. The summed E-state index contributed by atoms with van der Waals surface area (Å²) in [6, 6.07) is 14.9. The van der Waals surface area contributed by atoms with E-state index in [2.05, 4.69) is 31.3 Å². The SMILES string of the molecule is CC(C)c1ccc(/C=C/C(=O)NCc2ccc(S(=O)(=O)N3CCCC3)cc2)cc1. The van der Waals surface area contributed by atoms with Gasteiger partial charge in [-0.05, 0) is 53.7 Å². The van der Waals surface area contributed by atoms with Gasteiger partial charge in [-0.2, -0.15) is 4.31 Å². The zero-order valence-electron chi connectivity index (χ0n) is 17.0. The van der Waals surface area contributed by atoms with Crippen molar-refractivity contribution in [1.29, 1.82) is 0 Å². The molecule has 0 unspecified atom stereocenters. The Bertz CT molecular complexity index is 956. The van der Waals surface area contributed by atoms with Gasteiger partial charge in [0, 0.05) is 25.7 Å². The monoisotopic (exact) mass is 412 g/mol. The van der Waals surface area contributed by atoms with E-state index in [9.17, 15) is 13.2 Å². The summed E-state index contributed by atoms with van der Waals surface area (Å²) in [6.45, 7) is 5.82. The fourth-order valence-electron chi connectivity index (χ4n) is 3.27. The molecule has 0 saturated carbocycles. The van der Waals surface area contributed by atoms with Crippen molar-refractivity contribution in [2.24, 2.45) is 0 Å². The number of nitrogens with zero attached hydrogens (tertiary/aromatic N) is 1. The molecule has 1 N–H and O–H groups in total. The second kappa shape index (κ2) is 9.37. The Morgan fingerprint density at radius 3 is 2.24 bits per heavy atom. The van der Waals surface area contributed by atoms with Gasteiger partial charge in [0.05, 0.1) is 4.90 Å². The highest BCUT2D eigenvalue weighted by atomic mass is 32.2. The van der Waals surface area contributed by atoms with Crippen LogP contribution in [-0.4, -0.2) is 31.7 Å². The maximum Gasteiger partial charge on any atom is 0.244 e. The molecule has 1 heterocycles. The summed E-state index contributed by atoms with van der Waals surface area (Å²) in [6.07, 6.45) is 5.12. The highest BCUT2D eigenvalue weighted by molar-refractivity contribution is 7.89. The first-order valence-corrected chi connectivity index (χ1v) is 11.5. The van der Waals surface area contributed by atoms with E-state index >= 15 is 0 Å². The average molecular weight is 413 g/mol. The van der Waals surface area contributed by atoms with E-state index in [0.717, 1.165) is 24.0 Å². The molecular weight excluding hydrogens is 384 g/mol. The van der Waals surface area contributed by atoms with Gasteiger partial charge >= 0.3 is 0 Å². The fraction of sp³-hybridized carbons (Fsp3) is 0.348. The van der Waals surface area contributed by atoms with Gasteiger partial charge in [0.1, 0.15) is 0 Å². The lowest BCUT2D eigenvalue weighted by molar-refractivity contribution is -0.116. The topological polar surface area (TPSA) is 66.5 Å². The molecule has 154 valence electrons. The van der Waals surface area contributed by atoms with Gasteiger partial charge in [-0.3, -0.25) is 4.79 Å². The highest BCUT2D eigenvalue weighted by Crippen LogP contribution is 2.21. The zero-order valence-corrected chi connectivity index (χ0v) is 17.8. The summed E-state index contributed by atoms with van der Waals surface area (Å²) in [5.74, 6) is 0.291. The Morgan fingerprint density at radius 1 is 1.03 bits per heavy atom. The number of nitrogens with one attached hydrogen (secondary N) is 1. The number of carbonyl (C=O) groups is 1. The van der Waals surface area contributed by atoms with Crippen molar-refractivity contribution < 1.29 is 13.2 Å². The van der Waals surface area contributed by atoms with Gasteiger partial charge in [-0.25, -0.2) is 8.42 Å². The Morgan fingerprint density at radius 2 is 1.66 bits per heavy atom. The lowest BCUT2D eigenvalue weighted by Gasteiger charge is -2.15. The maximum atomic E-state index is 12.5. The minimum absolute atomic E-state index is 0.188. The minimum atomic E-state index is -3.40. The number of carbonyl (C=O) groups excluding carboxylic acids is 1. The Labute approximate surface area is 173 Å². The number of rotatable bonds is 7. The summed E-state index contributed by atoms with van der Waals surface area (Å²) in [7, 11) is -3.40. The van der Waals surface area contributed by atoms with E-state index in [1.807, 2.05) is 12.1 Å². The molecule has 2 aromatic carbocycles. The van der Waals surface area contributed by atoms with Crippen molar-refractivity contribution in [3.8, 4) is 0 Å². The molecule has 6 heteroatoms. The number of amides is 1. The predicted octanol–water partition coefficient (Wildman–Crippen LogP) is 3.92. The highest BCUT2D eigenvalue weighted by Gasteiger charge is 2.26. The molecule has 2 aromatic rings. The molecule has 0 spiro atoms. The molecule has 3 rings (SSSR count). The average Bonchev–Trinajstić information content (AvgIpc) is 3.27. The van der Waals surface area contributed by atoms with Crippen molar-refractivity contribution in [2.45, 2.75) is 44.0 Å². The Hall–Kier alpha value is -2.44. The maximum absolute atomic E-state index is 12.5. The van der Waals surface area contributed by atoms with Crippen LogP contribution in [-0.2, 0) is 21.4 Å². The molecular formula is C23H28N2O3S. The van der Waals surface area contributed by atoms with Crippen LogP contribution in [0.25, 0.3) is 6.08 Å². The third-order valence-corrected chi connectivity index (χ3v) is 7.04. The van der Waals surface area contributed by atoms with E-state index in [1.54, 1.807) is 30.3 Å². The van der Waals surface area contributed by atoms with E-state index in [1.165, 1.54) is 15.9 Å². The van der Waals surface area contributed by atoms with Gasteiger partial charge in [-0.15, -0.1) is 0 Å². The van der Waals surface area contributed by atoms with Crippen LogP contribution in [0.2, 0.25) is 0 Å². The lowest BCUT2D eigenvalue weighted by atomic mass is 10.0. The van der Waals surface area contributed by atoms with Crippen LogP contribution in [0.1, 0.15) is 49.3 Å². The molecule has 1 fully saturated rings. The predicted molar refractivity (Wildman–Crippen MR) is 116 cm³/mol. The Kier molecular flexibility index (Phi) is 6.87. The van der Waals surface area contributed by atoms with Crippen molar-refractivity contribution >= 4 is 22.0 Å². The summed E-state index contributed by atoms with van der Waals surface area (Å²) >= 11 is 0. The van der Waals surface area contributed by atoms with Crippen molar-refractivity contribution in [1.82, 2.24) is 9.62 Å². The molecule has 5 nitrogen and oxygen atoms in total. The molecule has 0 atom stereocenters. The first-order chi connectivity index (χ1) is 13.9. The molecule has 1 aliphatic rings. The van der Waals surface area contributed by atoms with Crippen LogP contribution in [0, 0.1) is 0 Å². The van der Waals surface area contributed by atoms with E-state index in [-0.39, 0.29) is 5.91 Å².